The van der Waals surface area contributed by atoms with Crippen molar-refractivity contribution in [1.29, 1.82) is 0 Å². The maximum absolute atomic E-state index is 14.7. The predicted molar refractivity (Wildman–Crippen MR) is 95.0 cm³/mol. The van der Waals surface area contributed by atoms with Gasteiger partial charge in [-0.25, -0.2) is 13.9 Å². The second-order valence-electron chi connectivity index (χ2n) is 6.19. The van der Waals surface area contributed by atoms with Crippen molar-refractivity contribution < 1.29 is 8.78 Å². The van der Waals surface area contributed by atoms with Crippen molar-refractivity contribution in [1.82, 2.24) is 30.4 Å². The minimum absolute atomic E-state index is 0.157. The molecule has 0 radical (unpaired) electrons. The fourth-order valence-electron chi connectivity index (χ4n) is 3.35. The van der Waals surface area contributed by atoms with Crippen molar-refractivity contribution in [2.45, 2.75) is 6.04 Å². The molecule has 2 aromatic carbocycles. The maximum Gasteiger partial charge on any atom is 0.288 e. The third-order valence-corrected chi connectivity index (χ3v) is 4.59. The minimum atomic E-state index is -0.836. The number of fused-ring (bicyclic) bond motifs is 2. The molecule has 0 saturated heterocycles. The van der Waals surface area contributed by atoms with Crippen LogP contribution in [0.2, 0.25) is 0 Å². The van der Waals surface area contributed by atoms with Gasteiger partial charge in [0, 0.05) is 16.7 Å². The zero-order chi connectivity index (χ0) is 19.3. The van der Waals surface area contributed by atoms with E-state index in [0.29, 0.717) is 16.8 Å². The molecule has 4 aromatic rings. The lowest BCUT2D eigenvalue weighted by Gasteiger charge is -2.28. The number of aromatic amines is 1. The van der Waals surface area contributed by atoms with E-state index in [9.17, 15) is 13.6 Å². The Morgan fingerprint density at radius 1 is 1.04 bits per heavy atom. The molecule has 1 aliphatic heterocycles. The van der Waals surface area contributed by atoms with Crippen LogP contribution in [0.1, 0.15) is 17.2 Å². The highest BCUT2D eigenvalue weighted by Crippen LogP contribution is 2.41. The lowest BCUT2D eigenvalue weighted by Crippen LogP contribution is -2.29. The Morgan fingerprint density at radius 3 is 2.61 bits per heavy atom. The van der Waals surface area contributed by atoms with Gasteiger partial charge in [-0.05, 0) is 40.8 Å². The number of rotatable bonds is 2. The summed E-state index contributed by atoms with van der Waals surface area (Å²) in [5, 5.41) is 20.9. The van der Waals surface area contributed by atoms with Gasteiger partial charge in [-0.3, -0.25) is 4.79 Å². The molecule has 0 spiro atoms. The number of H-pyrrole nitrogens is 1. The van der Waals surface area contributed by atoms with Gasteiger partial charge in [0.2, 0.25) is 5.95 Å². The molecule has 0 fully saturated rings. The van der Waals surface area contributed by atoms with Gasteiger partial charge in [-0.15, -0.1) is 0 Å². The summed E-state index contributed by atoms with van der Waals surface area (Å²) in [6.07, 6.45) is 0. The van der Waals surface area contributed by atoms with E-state index in [0.717, 1.165) is 0 Å². The Balaban J connectivity index is 1.84. The molecule has 1 aliphatic rings. The zero-order valence-electron chi connectivity index (χ0n) is 14.1. The average molecular weight is 379 g/mol. The summed E-state index contributed by atoms with van der Waals surface area (Å²) in [4.78, 5) is 12.5. The second-order valence-corrected chi connectivity index (χ2v) is 6.19. The fraction of sp³-hybridized carbons (Fsp3) is 0.0556. The molecule has 8 nitrogen and oxygen atoms in total. The zero-order valence-corrected chi connectivity index (χ0v) is 14.1. The van der Waals surface area contributed by atoms with Crippen LogP contribution in [-0.2, 0) is 0 Å². The summed E-state index contributed by atoms with van der Waals surface area (Å²) in [6.45, 7) is 0. The third-order valence-electron chi connectivity index (χ3n) is 4.59. The number of anilines is 2. The summed E-state index contributed by atoms with van der Waals surface area (Å²) in [5.74, 6) is -0.691. The summed E-state index contributed by atoms with van der Waals surface area (Å²) in [7, 11) is 0. The minimum Gasteiger partial charge on any atom is -0.318 e. The quantitative estimate of drug-likeness (QED) is 0.488. The molecule has 0 amide bonds. The third kappa shape index (κ3) is 2.38. The molecule has 0 saturated carbocycles. The Labute approximate surface area is 155 Å². The number of benzene rings is 2. The van der Waals surface area contributed by atoms with E-state index in [-0.39, 0.29) is 17.2 Å². The Morgan fingerprint density at radius 2 is 1.82 bits per heavy atom. The molecule has 0 aliphatic carbocycles. The maximum atomic E-state index is 14.7. The molecule has 138 valence electrons. The predicted octanol–water partition coefficient (Wildman–Crippen LogP) is 2.40. The van der Waals surface area contributed by atoms with Gasteiger partial charge in [0.1, 0.15) is 23.4 Å². The van der Waals surface area contributed by atoms with Crippen LogP contribution in [0.15, 0.2) is 53.3 Å². The van der Waals surface area contributed by atoms with Crippen LogP contribution in [0.4, 0.5) is 20.4 Å². The summed E-state index contributed by atoms with van der Waals surface area (Å²) in [5.41, 5.74) is 1.22. The van der Waals surface area contributed by atoms with E-state index in [1.807, 2.05) is 0 Å². The molecule has 0 bridgehead atoms. The van der Waals surface area contributed by atoms with Gasteiger partial charge in [0.25, 0.3) is 5.56 Å². The number of hydrogen-bond donors (Lipinski definition) is 2. The van der Waals surface area contributed by atoms with E-state index >= 15 is 0 Å². The average Bonchev–Trinajstić information content (AvgIpc) is 3.17. The molecule has 28 heavy (non-hydrogen) atoms. The van der Waals surface area contributed by atoms with Gasteiger partial charge in [0.15, 0.2) is 0 Å². The van der Waals surface area contributed by atoms with Crippen molar-refractivity contribution in [2.75, 3.05) is 5.32 Å². The van der Waals surface area contributed by atoms with Crippen molar-refractivity contribution in [3.63, 3.8) is 0 Å². The van der Waals surface area contributed by atoms with Crippen molar-refractivity contribution in [3.8, 4) is 11.3 Å². The van der Waals surface area contributed by atoms with Crippen LogP contribution in [0.3, 0.4) is 0 Å². The van der Waals surface area contributed by atoms with Gasteiger partial charge >= 0.3 is 0 Å². The first-order valence-electron chi connectivity index (χ1n) is 8.31. The molecule has 1 unspecified atom stereocenters. The van der Waals surface area contributed by atoms with E-state index in [2.05, 4.69) is 31.0 Å². The van der Waals surface area contributed by atoms with Crippen LogP contribution in [-0.4, -0.2) is 30.4 Å². The van der Waals surface area contributed by atoms with Crippen LogP contribution in [0.25, 0.3) is 11.3 Å². The normalized spacial score (nSPS) is 14.9. The molecule has 5 rings (SSSR count). The summed E-state index contributed by atoms with van der Waals surface area (Å²) >= 11 is 0. The standard InChI is InChI=1S/C18H11F2N7O/c19-10-7-5-9(6-8-10)14-13-15(17(28)23-22-14)21-18-24-25-26-27(18)16(13)11-3-1-2-4-12(11)20/h1-8,16H,(H,23,28)(H,21,24,26). The van der Waals surface area contributed by atoms with E-state index in [4.69, 9.17) is 0 Å². The number of halogens is 2. The summed E-state index contributed by atoms with van der Waals surface area (Å²) in [6, 6.07) is 11.0. The van der Waals surface area contributed by atoms with Crippen LogP contribution in [0.5, 0.6) is 0 Å². The van der Waals surface area contributed by atoms with Crippen molar-refractivity contribution in [2.24, 2.45) is 0 Å². The first-order chi connectivity index (χ1) is 13.6. The molecule has 10 heteroatoms. The highest BCUT2D eigenvalue weighted by molar-refractivity contribution is 5.75. The largest absolute Gasteiger partial charge is 0.318 e. The first kappa shape index (κ1) is 16.2. The topological polar surface area (TPSA) is 101 Å². The van der Waals surface area contributed by atoms with E-state index in [1.165, 1.54) is 35.0 Å². The Kier molecular flexibility index (Phi) is 3.51. The lowest BCUT2D eigenvalue weighted by molar-refractivity contribution is 0.527. The first-order valence-corrected chi connectivity index (χ1v) is 8.31. The molecular weight excluding hydrogens is 368 g/mol. The smallest absolute Gasteiger partial charge is 0.288 e. The van der Waals surface area contributed by atoms with Gasteiger partial charge < -0.3 is 5.32 Å². The molecule has 2 aromatic heterocycles. The number of nitrogens with one attached hydrogen (secondary N) is 2. The highest BCUT2D eigenvalue weighted by Gasteiger charge is 2.35. The van der Waals surface area contributed by atoms with Crippen molar-refractivity contribution in [3.05, 3.63) is 81.6 Å². The van der Waals surface area contributed by atoms with Crippen LogP contribution < -0.4 is 10.9 Å². The molecule has 2 N–H and O–H groups in total. The van der Waals surface area contributed by atoms with Gasteiger partial charge in [0.05, 0.1) is 5.69 Å². The molecule has 3 heterocycles. The van der Waals surface area contributed by atoms with E-state index in [1.54, 1.807) is 18.2 Å². The van der Waals surface area contributed by atoms with Gasteiger partial charge in [-0.1, -0.05) is 23.3 Å². The SMILES string of the molecule is O=c1[nH]nc(-c2ccc(F)cc2)c2c1Nc1nnnn1C2c1ccccc1F. The van der Waals surface area contributed by atoms with Crippen molar-refractivity contribution >= 4 is 11.6 Å². The molecule has 1 atom stereocenters. The number of aromatic nitrogens is 6. The molecular formula is C18H11F2N7O. The second kappa shape index (κ2) is 6.05. The lowest BCUT2D eigenvalue weighted by atomic mass is 9.92. The monoisotopic (exact) mass is 379 g/mol. The number of hydrogen-bond acceptors (Lipinski definition) is 6. The number of tetrazole rings is 1. The Bertz CT molecular complexity index is 1250. The van der Waals surface area contributed by atoms with Crippen LogP contribution >= 0.6 is 0 Å². The number of nitrogens with zero attached hydrogens (tertiary/aromatic N) is 5. The van der Waals surface area contributed by atoms with Crippen LogP contribution in [0, 0.1) is 11.6 Å². The van der Waals surface area contributed by atoms with E-state index < -0.39 is 23.2 Å². The Hall–Kier alpha value is -3.95. The summed E-state index contributed by atoms with van der Waals surface area (Å²) < 4.78 is 29.5. The fourth-order valence-corrected chi connectivity index (χ4v) is 3.35. The highest BCUT2D eigenvalue weighted by atomic mass is 19.1. The van der Waals surface area contributed by atoms with Gasteiger partial charge in [-0.2, -0.15) is 9.78 Å².